The van der Waals surface area contributed by atoms with E-state index in [1.807, 2.05) is 25.1 Å². The third-order valence-electron chi connectivity index (χ3n) is 4.83. The predicted octanol–water partition coefficient (Wildman–Crippen LogP) is 2.32. The maximum Gasteiger partial charge on any atom is 0.266 e. The Balaban J connectivity index is 2.29. The van der Waals surface area contributed by atoms with Gasteiger partial charge < -0.3 is 15.5 Å². The van der Waals surface area contributed by atoms with Crippen LogP contribution in [0, 0.1) is 12.3 Å². The lowest BCUT2D eigenvalue weighted by atomic mass is 9.95. The van der Waals surface area contributed by atoms with Crippen molar-refractivity contribution in [2.75, 3.05) is 22.9 Å². The highest BCUT2D eigenvalue weighted by Gasteiger charge is 2.28. The summed E-state index contributed by atoms with van der Waals surface area (Å²) >= 11 is 0. The van der Waals surface area contributed by atoms with Gasteiger partial charge in [0.05, 0.1) is 0 Å². The van der Waals surface area contributed by atoms with E-state index < -0.39 is 5.91 Å². The summed E-state index contributed by atoms with van der Waals surface area (Å²) in [6, 6.07) is 5.55. The fourth-order valence-electron chi connectivity index (χ4n) is 3.24. The molecule has 27 heavy (non-hydrogen) atoms. The Morgan fingerprint density at radius 3 is 2.63 bits per heavy atom. The molecule has 2 rings (SSSR count). The lowest BCUT2D eigenvalue weighted by Gasteiger charge is -2.30. The van der Waals surface area contributed by atoms with Crippen molar-refractivity contribution in [1.29, 1.82) is 5.41 Å². The number of rotatable bonds is 8. The molecule has 0 aromatic heterocycles. The highest BCUT2D eigenvalue weighted by molar-refractivity contribution is 6.44. The zero-order valence-corrected chi connectivity index (χ0v) is 16.0. The van der Waals surface area contributed by atoms with Gasteiger partial charge in [-0.1, -0.05) is 13.3 Å². The molecule has 1 aromatic carbocycles. The third-order valence-corrected chi connectivity index (χ3v) is 4.83. The van der Waals surface area contributed by atoms with E-state index in [1.165, 1.54) is 0 Å². The number of benzene rings is 1. The van der Waals surface area contributed by atoms with Crippen molar-refractivity contribution in [3.05, 3.63) is 34.9 Å². The lowest BCUT2D eigenvalue weighted by molar-refractivity contribution is -0.115. The number of nitrogens with zero attached hydrogens (tertiary/aromatic N) is 2. The fourth-order valence-corrected chi connectivity index (χ4v) is 3.24. The minimum absolute atomic E-state index is 0.243. The summed E-state index contributed by atoms with van der Waals surface area (Å²) in [5, 5.41) is 7.77. The van der Waals surface area contributed by atoms with E-state index in [2.05, 4.69) is 6.92 Å². The molecule has 1 aliphatic heterocycles. The molecule has 0 unspecified atom stereocenters. The first-order valence-electron chi connectivity index (χ1n) is 9.04. The molecular weight excluding hydrogens is 344 g/mol. The molecule has 0 saturated heterocycles. The summed E-state index contributed by atoms with van der Waals surface area (Å²) in [6.45, 7) is 6.62. The van der Waals surface area contributed by atoms with Crippen molar-refractivity contribution in [1.82, 2.24) is 0 Å². The molecule has 1 heterocycles. The van der Waals surface area contributed by atoms with E-state index in [0.717, 1.165) is 36.2 Å². The Hall–Kier alpha value is -2.96. The number of carbonyl (C=O) groups excluding carboxylic acids is 3. The van der Waals surface area contributed by atoms with Crippen LogP contribution in [0.1, 0.15) is 38.7 Å². The molecule has 1 aromatic rings. The Morgan fingerprint density at radius 2 is 2.07 bits per heavy atom. The van der Waals surface area contributed by atoms with Crippen LogP contribution in [0.5, 0.6) is 0 Å². The van der Waals surface area contributed by atoms with E-state index >= 15 is 0 Å². The quantitative estimate of drug-likeness (QED) is 0.541. The molecule has 1 aliphatic rings. The van der Waals surface area contributed by atoms with E-state index in [1.54, 1.807) is 16.7 Å². The van der Waals surface area contributed by atoms with Crippen LogP contribution in [0.25, 0.3) is 0 Å². The second kappa shape index (κ2) is 8.62. The van der Waals surface area contributed by atoms with Gasteiger partial charge in [-0.05, 0) is 56.0 Å². The number of hydrogen-bond donors (Lipinski definition) is 2. The van der Waals surface area contributed by atoms with Crippen LogP contribution >= 0.6 is 0 Å². The Bertz CT molecular complexity index is 813. The van der Waals surface area contributed by atoms with E-state index in [0.29, 0.717) is 30.7 Å². The zero-order chi connectivity index (χ0) is 20.1. The van der Waals surface area contributed by atoms with Gasteiger partial charge in [-0.3, -0.25) is 19.8 Å². The van der Waals surface area contributed by atoms with Crippen molar-refractivity contribution in [3.8, 4) is 0 Å². The van der Waals surface area contributed by atoms with Crippen molar-refractivity contribution in [2.45, 2.75) is 40.0 Å². The molecule has 3 amide bonds. The van der Waals surface area contributed by atoms with Gasteiger partial charge >= 0.3 is 0 Å². The summed E-state index contributed by atoms with van der Waals surface area (Å²) in [5.74, 6) is -1.07. The minimum atomic E-state index is -0.827. The maximum atomic E-state index is 12.7. The van der Waals surface area contributed by atoms with Gasteiger partial charge in [-0.2, -0.15) is 0 Å². The first-order chi connectivity index (χ1) is 12.8. The van der Waals surface area contributed by atoms with Gasteiger partial charge in [0.1, 0.15) is 5.71 Å². The molecule has 0 aliphatic carbocycles. The lowest BCUT2D eigenvalue weighted by Crippen LogP contribution is -2.39. The number of hydrogen-bond acceptors (Lipinski definition) is 4. The highest BCUT2D eigenvalue weighted by atomic mass is 16.2. The molecule has 7 heteroatoms. The van der Waals surface area contributed by atoms with E-state index in [4.69, 9.17) is 11.1 Å². The fraction of sp³-hybridized carbons (Fsp3) is 0.400. The molecule has 0 saturated carbocycles. The number of nitrogens with two attached hydrogens (primary N) is 1. The molecular formula is C20H26N4O3. The zero-order valence-electron chi connectivity index (χ0n) is 16.0. The highest BCUT2D eigenvalue weighted by Crippen LogP contribution is 2.29. The monoisotopic (exact) mass is 370 g/mol. The predicted molar refractivity (Wildman–Crippen MR) is 106 cm³/mol. The molecule has 144 valence electrons. The van der Waals surface area contributed by atoms with Gasteiger partial charge in [-0.15, -0.1) is 0 Å². The second-order valence-corrected chi connectivity index (χ2v) is 6.67. The number of amides is 3. The third kappa shape index (κ3) is 4.24. The van der Waals surface area contributed by atoms with Crippen LogP contribution in [-0.4, -0.2) is 37.0 Å². The van der Waals surface area contributed by atoms with Crippen LogP contribution in [0.4, 0.5) is 11.4 Å². The molecule has 3 N–H and O–H groups in total. The van der Waals surface area contributed by atoms with Crippen LogP contribution in [-0.2, 0) is 14.4 Å². The van der Waals surface area contributed by atoms with Gasteiger partial charge in [0.2, 0.25) is 6.41 Å². The van der Waals surface area contributed by atoms with Crippen molar-refractivity contribution >= 4 is 35.3 Å². The van der Waals surface area contributed by atoms with Crippen LogP contribution in [0.3, 0.4) is 0 Å². The first kappa shape index (κ1) is 20.4. The number of carbonyl (C=O) groups is 3. The Labute approximate surface area is 159 Å². The van der Waals surface area contributed by atoms with E-state index in [-0.39, 0.29) is 11.6 Å². The molecule has 0 radical (unpaired) electrons. The summed E-state index contributed by atoms with van der Waals surface area (Å²) in [4.78, 5) is 38.7. The standard InChI is InChI=1S/C20H26N4O3/c1-4-5-9-23(12-25)17-7-6-15(11-13(17)2)24-10-8-16(14(3)20(24)27)18(21)19(22)26/h6-7,11-12,21H,4-5,8-10H2,1-3H3,(H2,22,26). The summed E-state index contributed by atoms with van der Waals surface area (Å²) < 4.78 is 0. The topological polar surface area (TPSA) is 108 Å². The summed E-state index contributed by atoms with van der Waals surface area (Å²) in [5.41, 5.74) is 8.11. The van der Waals surface area contributed by atoms with Crippen molar-refractivity contribution < 1.29 is 14.4 Å². The number of primary amides is 1. The van der Waals surface area contributed by atoms with E-state index in [9.17, 15) is 14.4 Å². The molecule has 0 atom stereocenters. The Kier molecular flexibility index (Phi) is 6.50. The van der Waals surface area contributed by atoms with Gasteiger partial charge in [0, 0.05) is 30.0 Å². The molecule has 0 spiro atoms. The van der Waals surface area contributed by atoms with Gasteiger partial charge in [0.15, 0.2) is 0 Å². The first-order valence-corrected chi connectivity index (χ1v) is 9.04. The summed E-state index contributed by atoms with van der Waals surface area (Å²) in [7, 11) is 0. The smallest absolute Gasteiger partial charge is 0.266 e. The number of unbranched alkanes of at least 4 members (excludes halogenated alkanes) is 1. The molecule has 0 fully saturated rings. The van der Waals surface area contributed by atoms with Crippen LogP contribution < -0.4 is 15.5 Å². The second-order valence-electron chi connectivity index (χ2n) is 6.67. The Morgan fingerprint density at radius 1 is 1.37 bits per heavy atom. The SMILES string of the molecule is CCCCN(C=O)c1ccc(N2CCC(C(=N)C(N)=O)=C(C)C2=O)cc1C. The van der Waals surface area contributed by atoms with Crippen molar-refractivity contribution in [2.24, 2.45) is 5.73 Å². The van der Waals surface area contributed by atoms with Crippen molar-refractivity contribution in [3.63, 3.8) is 0 Å². The average Bonchev–Trinajstić information content (AvgIpc) is 2.64. The minimum Gasteiger partial charge on any atom is -0.364 e. The maximum absolute atomic E-state index is 12.7. The average molecular weight is 370 g/mol. The number of anilines is 2. The van der Waals surface area contributed by atoms with Gasteiger partial charge in [-0.25, -0.2) is 0 Å². The summed E-state index contributed by atoms with van der Waals surface area (Å²) in [6.07, 6.45) is 3.15. The number of aryl methyl sites for hydroxylation is 1. The van der Waals surface area contributed by atoms with Crippen LogP contribution in [0.2, 0.25) is 0 Å². The molecule has 7 nitrogen and oxygen atoms in total. The largest absolute Gasteiger partial charge is 0.364 e. The molecule has 0 bridgehead atoms. The number of nitrogens with one attached hydrogen (secondary N) is 1. The normalized spacial score (nSPS) is 14.3. The van der Waals surface area contributed by atoms with Crippen LogP contribution in [0.15, 0.2) is 29.3 Å². The van der Waals surface area contributed by atoms with Gasteiger partial charge in [0.25, 0.3) is 11.8 Å².